The fraction of sp³-hybridized carbons (Fsp3) is 0.333. The molecule has 1 aliphatic carbocycles. The Bertz CT molecular complexity index is 856. The van der Waals surface area contributed by atoms with Crippen molar-refractivity contribution in [3.63, 3.8) is 0 Å². The summed E-state index contributed by atoms with van der Waals surface area (Å²) in [5.74, 6) is 0.293. The number of fused-ring (bicyclic) bond motifs is 4. The Labute approximate surface area is 140 Å². The summed E-state index contributed by atoms with van der Waals surface area (Å²) in [6.07, 6.45) is 1.81. The maximum absolute atomic E-state index is 13.5. The molecule has 0 unspecified atom stereocenters. The number of carbonyl (C=O) groups is 2. The molecule has 0 saturated carbocycles. The maximum atomic E-state index is 13.5. The molecule has 2 aromatic rings. The molecule has 3 nitrogen and oxygen atoms in total. The molecule has 0 aromatic heterocycles. The van der Waals surface area contributed by atoms with Crippen LogP contribution in [0, 0.1) is 5.41 Å². The zero-order valence-electron chi connectivity index (χ0n) is 13.3. The van der Waals surface area contributed by atoms with E-state index in [1.807, 2.05) is 54.6 Å². The molecule has 2 heterocycles. The van der Waals surface area contributed by atoms with Crippen LogP contribution >= 0.6 is 0 Å². The second-order valence-electron chi connectivity index (χ2n) is 7.22. The second-order valence-corrected chi connectivity index (χ2v) is 7.22. The summed E-state index contributed by atoms with van der Waals surface area (Å²) in [4.78, 5) is 25.8. The van der Waals surface area contributed by atoms with Crippen molar-refractivity contribution in [3.8, 4) is 0 Å². The Morgan fingerprint density at radius 2 is 1.71 bits per heavy atom. The SMILES string of the molecule is O=C1CC[C@]2(c3ccccc3)O[C@H]1C[C@@]21Cc2ccccc2C1=O. The van der Waals surface area contributed by atoms with Crippen LogP contribution in [-0.4, -0.2) is 17.7 Å². The Morgan fingerprint density at radius 1 is 0.958 bits per heavy atom. The normalized spacial score (nSPS) is 33.9. The van der Waals surface area contributed by atoms with E-state index in [1.165, 1.54) is 0 Å². The van der Waals surface area contributed by atoms with Crippen LogP contribution in [-0.2, 0) is 21.6 Å². The summed E-state index contributed by atoms with van der Waals surface area (Å²) in [5.41, 5.74) is 1.59. The predicted octanol–water partition coefficient (Wildman–Crippen LogP) is 3.46. The summed E-state index contributed by atoms with van der Waals surface area (Å²) in [7, 11) is 0. The van der Waals surface area contributed by atoms with Crippen LogP contribution in [0.4, 0.5) is 0 Å². The predicted molar refractivity (Wildman–Crippen MR) is 88.8 cm³/mol. The van der Waals surface area contributed by atoms with Crippen LogP contribution < -0.4 is 0 Å². The number of rotatable bonds is 1. The van der Waals surface area contributed by atoms with Crippen LogP contribution in [0.15, 0.2) is 54.6 Å². The molecule has 3 heteroatoms. The molecule has 2 saturated heterocycles. The van der Waals surface area contributed by atoms with Gasteiger partial charge in [-0.2, -0.15) is 0 Å². The summed E-state index contributed by atoms with van der Waals surface area (Å²) >= 11 is 0. The van der Waals surface area contributed by atoms with Gasteiger partial charge in [0.1, 0.15) is 11.7 Å². The molecule has 0 N–H and O–H groups in total. The van der Waals surface area contributed by atoms with Crippen molar-refractivity contribution >= 4 is 11.6 Å². The Morgan fingerprint density at radius 3 is 2.50 bits per heavy atom. The molecule has 2 aromatic carbocycles. The lowest BCUT2D eigenvalue weighted by Gasteiger charge is -2.42. The van der Waals surface area contributed by atoms with Gasteiger partial charge in [0, 0.05) is 12.0 Å². The molecule has 5 rings (SSSR count). The molecular formula is C21H18O3. The number of hydrogen-bond donors (Lipinski definition) is 0. The quantitative estimate of drug-likeness (QED) is 0.809. The third kappa shape index (κ3) is 1.56. The zero-order chi connectivity index (χ0) is 16.4. The van der Waals surface area contributed by atoms with E-state index in [9.17, 15) is 9.59 Å². The van der Waals surface area contributed by atoms with Crippen LogP contribution in [0.2, 0.25) is 0 Å². The van der Waals surface area contributed by atoms with E-state index in [0.717, 1.165) is 16.7 Å². The number of benzene rings is 2. The first-order valence-electron chi connectivity index (χ1n) is 8.55. The summed E-state index contributed by atoms with van der Waals surface area (Å²) in [5, 5.41) is 0. The molecule has 0 radical (unpaired) electrons. The molecule has 3 aliphatic rings. The lowest BCUT2D eigenvalue weighted by atomic mass is 9.64. The highest BCUT2D eigenvalue weighted by molar-refractivity contribution is 6.07. The highest BCUT2D eigenvalue weighted by Gasteiger charge is 2.68. The highest BCUT2D eigenvalue weighted by atomic mass is 16.5. The van der Waals surface area contributed by atoms with Crippen LogP contribution in [0.3, 0.4) is 0 Å². The topological polar surface area (TPSA) is 43.4 Å². The Hall–Kier alpha value is -2.26. The second kappa shape index (κ2) is 4.64. The van der Waals surface area contributed by atoms with E-state index < -0.39 is 17.1 Å². The number of hydrogen-bond acceptors (Lipinski definition) is 3. The van der Waals surface area contributed by atoms with Gasteiger partial charge in [-0.1, -0.05) is 54.6 Å². The first-order chi connectivity index (χ1) is 11.7. The molecule has 2 aliphatic heterocycles. The van der Waals surface area contributed by atoms with Crippen molar-refractivity contribution in [2.24, 2.45) is 5.41 Å². The van der Waals surface area contributed by atoms with Crippen molar-refractivity contribution in [2.45, 2.75) is 37.4 Å². The van der Waals surface area contributed by atoms with E-state index in [-0.39, 0.29) is 11.6 Å². The van der Waals surface area contributed by atoms with E-state index in [1.54, 1.807) is 0 Å². The number of ketones is 2. The van der Waals surface area contributed by atoms with Crippen LogP contribution in [0.25, 0.3) is 0 Å². The molecule has 120 valence electrons. The number of Topliss-reactive ketones (excluding diaryl/α,β-unsaturated/α-hetero) is 2. The first kappa shape index (κ1) is 14.1. The lowest BCUT2D eigenvalue weighted by molar-refractivity contribution is -0.152. The number of ether oxygens (including phenoxy) is 1. The van der Waals surface area contributed by atoms with Gasteiger partial charge in [0.25, 0.3) is 0 Å². The van der Waals surface area contributed by atoms with Gasteiger partial charge in [0.05, 0.1) is 5.41 Å². The van der Waals surface area contributed by atoms with Gasteiger partial charge in [0.2, 0.25) is 0 Å². The first-order valence-corrected chi connectivity index (χ1v) is 8.55. The average molecular weight is 318 g/mol. The van der Waals surface area contributed by atoms with Crippen molar-refractivity contribution in [2.75, 3.05) is 0 Å². The fourth-order valence-corrected chi connectivity index (χ4v) is 5.06. The largest absolute Gasteiger partial charge is 0.358 e. The minimum absolute atomic E-state index is 0.141. The molecular weight excluding hydrogens is 300 g/mol. The van der Waals surface area contributed by atoms with Gasteiger partial charge >= 0.3 is 0 Å². The third-order valence-corrected chi connectivity index (χ3v) is 6.16. The van der Waals surface area contributed by atoms with Crippen molar-refractivity contribution < 1.29 is 14.3 Å². The minimum Gasteiger partial charge on any atom is -0.358 e. The van der Waals surface area contributed by atoms with Crippen LogP contribution in [0.1, 0.15) is 40.7 Å². The van der Waals surface area contributed by atoms with Gasteiger partial charge in [-0.15, -0.1) is 0 Å². The summed E-state index contributed by atoms with van der Waals surface area (Å²) < 4.78 is 6.35. The maximum Gasteiger partial charge on any atom is 0.172 e. The Balaban J connectivity index is 1.73. The van der Waals surface area contributed by atoms with E-state index in [0.29, 0.717) is 25.7 Å². The summed E-state index contributed by atoms with van der Waals surface area (Å²) in [6.45, 7) is 0. The summed E-state index contributed by atoms with van der Waals surface area (Å²) in [6, 6.07) is 17.9. The fourth-order valence-electron chi connectivity index (χ4n) is 5.06. The molecule has 24 heavy (non-hydrogen) atoms. The minimum atomic E-state index is -0.678. The molecule has 2 bridgehead atoms. The average Bonchev–Trinajstić information content (AvgIpc) is 3.07. The lowest BCUT2D eigenvalue weighted by Crippen LogP contribution is -2.48. The highest BCUT2D eigenvalue weighted by Crippen LogP contribution is 2.63. The van der Waals surface area contributed by atoms with Crippen LogP contribution in [0.5, 0.6) is 0 Å². The standard InChI is InChI=1S/C21H18O3/c22-17-10-11-21(15-7-2-1-3-8-15)20(13-18(17)24-21)12-14-6-4-5-9-16(14)19(20)23/h1-9,18H,10-13H2/t18-,20+,21+/m0/s1. The van der Waals surface area contributed by atoms with Gasteiger partial charge in [-0.3, -0.25) is 9.59 Å². The van der Waals surface area contributed by atoms with E-state index in [2.05, 4.69) is 0 Å². The van der Waals surface area contributed by atoms with E-state index >= 15 is 0 Å². The zero-order valence-corrected chi connectivity index (χ0v) is 13.3. The van der Waals surface area contributed by atoms with Crippen molar-refractivity contribution in [1.29, 1.82) is 0 Å². The van der Waals surface area contributed by atoms with Gasteiger partial charge < -0.3 is 4.74 Å². The van der Waals surface area contributed by atoms with Gasteiger partial charge in [-0.25, -0.2) is 0 Å². The van der Waals surface area contributed by atoms with Gasteiger partial charge in [-0.05, 0) is 30.4 Å². The van der Waals surface area contributed by atoms with Crippen molar-refractivity contribution in [3.05, 3.63) is 71.3 Å². The molecule has 0 amide bonds. The third-order valence-electron chi connectivity index (χ3n) is 6.16. The molecule has 2 fully saturated rings. The molecule has 3 atom stereocenters. The van der Waals surface area contributed by atoms with E-state index in [4.69, 9.17) is 4.74 Å². The van der Waals surface area contributed by atoms with Gasteiger partial charge in [0.15, 0.2) is 11.6 Å². The molecule has 1 spiro atoms. The Kier molecular flexibility index (Phi) is 2.73. The van der Waals surface area contributed by atoms with Crippen molar-refractivity contribution in [1.82, 2.24) is 0 Å². The number of carbonyl (C=O) groups excluding carboxylic acids is 2. The smallest absolute Gasteiger partial charge is 0.172 e. The monoisotopic (exact) mass is 318 g/mol.